The highest BCUT2D eigenvalue weighted by Crippen LogP contribution is 2.14. The maximum Gasteiger partial charge on any atom is 0.410 e. The largest absolute Gasteiger partial charge is 0.447 e. The van der Waals surface area contributed by atoms with Crippen molar-refractivity contribution in [1.82, 2.24) is 4.90 Å². The third-order valence-electron chi connectivity index (χ3n) is 2.51. The lowest BCUT2D eigenvalue weighted by Crippen LogP contribution is -2.40. The van der Waals surface area contributed by atoms with Gasteiger partial charge in [0.05, 0.1) is 0 Å². The number of carbonyl (C=O) groups excluding carboxylic acids is 2. The van der Waals surface area contributed by atoms with Gasteiger partial charge in [0.15, 0.2) is 0 Å². The molecule has 1 saturated heterocycles. The predicted octanol–water partition coefficient (Wildman–Crippen LogP) is 1.21. The summed E-state index contributed by atoms with van der Waals surface area (Å²) in [5, 5.41) is 2.52. The smallest absolute Gasteiger partial charge is 0.410 e. The van der Waals surface area contributed by atoms with E-state index in [0.29, 0.717) is 5.69 Å². The van der Waals surface area contributed by atoms with Crippen LogP contribution in [-0.4, -0.2) is 36.6 Å². The average Bonchev–Trinajstić information content (AvgIpc) is 2.60. The van der Waals surface area contributed by atoms with Gasteiger partial charge >= 0.3 is 6.09 Å². The second kappa shape index (κ2) is 4.40. The van der Waals surface area contributed by atoms with Gasteiger partial charge in [0.2, 0.25) is 0 Å². The van der Waals surface area contributed by atoms with Crippen LogP contribution in [0.5, 0.6) is 0 Å². The van der Waals surface area contributed by atoms with E-state index in [-0.39, 0.29) is 6.61 Å². The first kappa shape index (κ1) is 11.4. The van der Waals surface area contributed by atoms with Crippen molar-refractivity contribution < 1.29 is 18.7 Å². The van der Waals surface area contributed by atoms with Gasteiger partial charge in [-0.15, -0.1) is 0 Å². The molecule has 0 bridgehead atoms. The van der Waals surface area contributed by atoms with Gasteiger partial charge in [0.1, 0.15) is 18.5 Å². The number of ether oxygens (including phenoxy) is 1. The van der Waals surface area contributed by atoms with Crippen LogP contribution >= 0.6 is 0 Å². The van der Waals surface area contributed by atoms with E-state index >= 15 is 0 Å². The van der Waals surface area contributed by atoms with Crippen molar-refractivity contribution in [3.05, 3.63) is 30.1 Å². The summed E-state index contributed by atoms with van der Waals surface area (Å²) < 4.78 is 17.6. The lowest BCUT2D eigenvalue weighted by atomic mass is 10.2. The molecule has 1 unspecified atom stereocenters. The normalized spacial score (nSPS) is 19.1. The minimum Gasteiger partial charge on any atom is -0.447 e. The number of hydrogen-bond donors (Lipinski definition) is 1. The zero-order valence-corrected chi connectivity index (χ0v) is 9.14. The predicted molar refractivity (Wildman–Crippen MR) is 57.9 cm³/mol. The number of hydrogen-bond acceptors (Lipinski definition) is 3. The Kier molecular flexibility index (Phi) is 2.95. The van der Waals surface area contributed by atoms with Crippen molar-refractivity contribution in [1.29, 1.82) is 0 Å². The molecule has 0 saturated carbocycles. The van der Waals surface area contributed by atoms with Gasteiger partial charge in [0.25, 0.3) is 5.91 Å². The number of anilines is 1. The number of nitrogens with zero attached hydrogens (tertiary/aromatic N) is 1. The molecule has 0 aliphatic carbocycles. The molecule has 0 spiro atoms. The maximum atomic E-state index is 12.9. The van der Waals surface area contributed by atoms with Crippen LogP contribution in [0.1, 0.15) is 0 Å². The fourth-order valence-corrected chi connectivity index (χ4v) is 1.53. The number of cyclic esters (lactones) is 1. The summed E-state index contributed by atoms with van der Waals surface area (Å²) in [6, 6.07) is 4.87. The quantitative estimate of drug-likeness (QED) is 0.842. The first-order valence-electron chi connectivity index (χ1n) is 5.04. The summed E-state index contributed by atoms with van der Waals surface area (Å²) in [5.74, 6) is -0.834. The van der Waals surface area contributed by atoms with Crippen LogP contribution in [0.3, 0.4) is 0 Å². The topological polar surface area (TPSA) is 58.6 Å². The van der Waals surface area contributed by atoms with E-state index < -0.39 is 23.9 Å². The van der Waals surface area contributed by atoms with Crippen LogP contribution < -0.4 is 5.32 Å². The molecule has 1 aliphatic rings. The molecule has 5 nitrogen and oxygen atoms in total. The van der Waals surface area contributed by atoms with Crippen molar-refractivity contribution in [3.8, 4) is 0 Å². The molecule has 0 aromatic heterocycles. The molecule has 2 amide bonds. The molecular weight excluding hydrogens is 227 g/mol. The summed E-state index contributed by atoms with van der Waals surface area (Å²) in [6.07, 6.45) is -0.538. The fraction of sp³-hybridized carbons (Fsp3) is 0.273. The highest BCUT2D eigenvalue weighted by molar-refractivity contribution is 5.97. The Labute approximate surface area is 97.2 Å². The van der Waals surface area contributed by atoms with Crippen LogP contribution in [-0.2, 0) is 9.53 Å². The zero-order chi connectivity index (χ0) is 12.4. The van der Waals surface area contributed by atoms with Gasteiger partial charge in [-0.2, -0.15) is 0 Å². The van der Waals surface area contributed by atoms with E-state index in [1.54, 1.807) is 6.07 Å². The van der Waals surface area contributed by atoms with E-state index in [2.05, 4.69) is 5.32 Å². The molecule has 1 aromatic carbocycles. The summed E-state index contributed by atoms with van der Waals surface area (Å²) in [4.78, 5) is 24.0. The molecule has 1 atom stereocenters. The van der Waals surface area contributed by atoms with Crippen LogP contribution in [0.25, 0.3) is 0 Å². The van der Waals surface area contributed by atoms with E-state index in [1.807, 2.05) is 0 Å². The Morgan fingerprint density at radius 3 is 2.94 bits per heavy atom. The zero-order valence-electron chi connectivity index (χ0n) is 9.14. The van der Waals surface area contributed by atoms with Gasteiger partial charge in [-0.05, 0) is 18.2 Å². The molecule has 1 aliphatic heterocycles. The Balaban J connectivity index is 2.05. The SMILES string of the molecule is CN1C(=O)OCC1C(=O)Nc1cccc(F)c1. The third-order valence-corrected chi connectivity index (χ3v) is 2.51. The van der Waals surface area contributed by atoms with Crippen molar-refractivity contribution in [2.45, 2.75) is 6.04 Å². The van der Waals surface area contributed by atoms with Gasteiger partial charge in [-0.1, -0.05) is 6.07 Å². The highest BCUT2D eigenvalue weighted by Gasteiger charge is 2.35. The number of rotatable bonds is 2. The number of amides is 2. The Morgan fingerprint density at radius 2 is 2.35 bits per heavy atom. The Morgan fingerprint density at radius 1 is 1.59 bits per heavy atom. The standard InChI is InChI=1S/C11H11FN2O3/c1-14-9(6-17-11(14)16)10(15)13-8-4-2-3-7(12)5-8/h2-5,9H,6H2,1H3,(H,13,15). The molecule has 1 heterocycles. The lowest BCUT2D eigenvalue weighted by Gasteiger charge is -2.15. The second-order valence-electron chi connectivity index (χ2n) is 3.70. The van der Waals surface area contributed by atoms with Gasteiger partial charge in [0, 0.05) is 12.7 Å². The molecule has 1 fully saturated rings. The number of benzene rings is 1. The van der Waals surface area contributed by atoms with Gasteiger partial charge < -0.3 is 10.1 Å². The number of carbonyl (C=O) groups is 2. The Hall–Kier alpha value is -2.11. The third kappa shape index (κ3) is 2.35. The Bertz CT molecular complexity index is 464. The van der Waals surface area contributed by atoms with Crippen molar-refractivity contribution in [2.24, 2.45) is 0 Å². The monoisotopic (exact) mass is 238 g/mol. The number of likely N-dealkylation sites (N-methyl/N-ethyl adjacent to an activating group) is 1. The minimum atomic E-state index is -0.675. The lowest BCUT2D eigenvalue weighted by molar-refractivity contribution is -0.119. The van der Waals surface area contributed by atoms with Crippen LogP contribution in [0, 0.1) is 5.82 Å². The van der Waals surface area contributed by atoms with Crippen LogP contribution in [0.2, 0.25) is 0 Å². The number of nitrogens with one attached hydrogen (secondary N) is 1. The molecule has 1 aromatic rings. The van der Waals surface area contributed by atoms with E-state index in [1.165, 1.54) is 30.1 Å². The molecule has 2 rings (SSSR count). The van der Waals surface area contributed by atoms with Crippen molar-refractivity contribution in [2.75, 3.05) is 19.0 Å². The minimum absolute atomic E-state index is 0.0104. The first-order chi connectivity index (χ1) is 8.08. The highest BCUT2D eigenvalue weighted by atomic mass is 19.1. The first-order valence-corrected chi connectivity index (χ1v) is 5.04. The van der Waals surface area contributed by atoms with Crippen LogP contribution in [0.15, 0.2) is 24.3 Å². The maximum absolute atomic E-state index is 12.9. The van der Waals surface area contributed by atoms with Crippen LogP contribution in [0.4, 0.5) is 14.9 Å². The fourth-order valence-electron chi connectivity index (χ4n) is 1.53. The van der Waals surface area contributed by atoms with E-state index in [0.717, 1.165) is 0 Å². The van der Waals surface area contributed by atoms with E-state index in [4.69, 9.17) is 4.74 Å². The summed E-state index contributed by atoms with van der Waals surface area (Å²) in [7, 11) is 1.48. The van der Waals surface area contributed by atoms with E-state index in [9.17, 15) is 14.0 Å². The summed E-state index contributed by atoms with van der Waals surface area (Å²) in [5.41, 5.74) is 0.350. The van der Waals surface area contributed by atoms with Crippen molar-refractivity contribution >= 4 is 17.7 Å². The second-order valence-corrected chi connectivity index (χ2v) is 3.70. The summed E-state index contributed by atoms with van der Waals surface area (Å²) in [6.45, 7) is 0.0104. The molecule has 1 N–H and O–H groups in total. The molecule has 90 valence electrons. The van der Waals surface area contributed by atoms with Gasteiger partial charge in [-0.25, -0.2) is 9.18 Å². The number of halogens is 1. The molecule has 0 radical (unpaired) electrons. The average molecular weight is 238 g/mol. The molecule has 6 heteroatoms. The molecular formula is C11H11FN2O3. The van der Waals surface area contributed by atoms with Crippen molar-refractivity contribution in [3.63, 3.8) is 0 Å². The summed E-state index contributed by atoms with van der Waals surface area (Å²) >= 11 is 0. The van der Waals surface area contributed by atoms with Gasteiger partial charge in [-0.3, -0.25) is 9.69 Å². The molecule has 17 heavy (non-hydrogen) atoms.